The summed E-state index contributed by atoms with van der Waals surface area (Å²) in [6, 6.07) is 5.45. The van der Waals surface area contributed by atoms with E-state index in [0.717, 1.165) is 0 Å². The molecule has 0 aliphatic rings. The van der Waals surface area contributed by atoms with Crippen molar-refractivity contribution < 1.29 is 14.3 Å². The van der Waals surface area contributed by atoms with Crippen molar-refractivity contribution >= 4 is 21.9 Å². The summed E-state index contributed by atoms with van der Waals surface area (Å²) in [5, 5.41) is 9.07. The number of nitrogens with zero attached hydrogens (tertiary/aromatic N) is 1. The van der Waals surface area contributed by atoms with Crippen LogP contribution < -0.4 is 4.74 Å². The van der Waals surface area contributed by atoms with Crippen LogP contribution in [0.4, 0.5) is 0 Å². The Labute approximate surface area is 108 Å². The van der Waals surface area contributed by atoms with Gasteiger partial charge < -0.3 is 9.47 Å². The number of benzene rings is 1. The summed E-state index contributed by atoms with van der Waals surface area (Å²) >= 11 is 3.28. The first kappa shape index (κ1) is 13.5. The number of esters is 1. The predicted molar refractivity (Wildman–Crippen MR) is 65.7 cm³/mol. The number of methoxy groups -OCH3 is 1. The van der Waals surface area contributed by atoms with E-state index in [1.807, 2.05) is 0 Å². The quantitative estimate of drug-likeness (QED) is 0.801. The second-order valence-electron chi connectivity index (χ2n) is 3.21. The van der Waals surface area contributed by atoms with Crippen molar-refractivity contribution in [1.82, 2.24) is 0 Å². The predicted octanol–water partition coefficient (Wildman–Crippen LogP) is 2.43. The maximum absolute atomic E-state index is 11.4. The number of ether oxygens (including phenoxy) is 2. The fourth-order valence-electron chi connectivity index (χ4n) is 1.39. The highest BCUT2D eigenvalue weighted by molar-refractivity contribution is 9.10. The van der Waals surface area contributed by atoms with Gasteiger partial charge >= 0.3 is 5.97 Å². The molecule has 0 spiro atoms. The van der Waals surface area contributed by atoms with Gasteiger partial charge in [-0.1, -0.05) is 6.07 Å². The normalized spacial score (nSPS) is 9.53. The van der Waals surface area contributed by atoms with Crippen molar-refractivity contribution in [3.63, 3.8) is 0 Å². The van der Waals surface area contributed by atoms with Gasteiger partial charge in [0.2, 0.25) is 0 Å². The van der Waals surface area contributed by atoms with Gasteiger partial charge in [-0.25, -0.2) is 0 Å². The first-order valence-corrected chi connectivity index (χ1v) is 5.84. The third-order valence-corrected chi connectivity index (χ3v) is 2.95. The standard InChI is InChI=1S/C12H12BrNO3/c1-3-17-11(15)6-8-4-5-10(16-2)12(13)9(8)7-14/h4-5H,3,6H2,1-2H3. The van der Waals surface area contributed by atoms with Gasteiger partial charge in [-0.2, -0.15) is 5.26 Å². The van der Waals surface area contributed by atoms with Crippen molar-refractivity contribution in [3.8, 4) is 11.8 Å². The molecule has 0 unspecified atom stereocenters. The van der Waals surface area contributed by atoms with Crippen molar-refractivity contribution in [2.45, 2.75) is 13.3 Å². The van der Waals surface area contributed by atoms with Crippen LogP contribution in [0.25, 0.3) is 0 Å². The minimum Gasteiger partial charge on any atom is -0.496 e. The molecular formula is C12H12BrNO3. The van der Waals surface area contributed by atoms with Gasteiger partial charge in [0.1, 0.15) is 11.8 Å². The van der Waals surface area contributed by atoms with Crippen molar-refractivity contribution in [2.24, 2.45) is 0 Å². The van der Waals surface area contributed by atoms with Crippen LogP contribution in [-0.2, 0) is 16.0 Å². The van der Waals surface area contributed by atoms with Crippen molar-refractivity contribution in [1.29, 1.82) is 5.26 Å². The summed E-state index contributed by atoms with van der Waals surface area (Å²) in [5.74, 6) is 0.218. The van der Waals surface area contributed by atoms with Crippen LogP contribution in [-0.4, -0.2) is 19.7 Å². The smallest absolute Gasteiger partial charge is 0.310 e. The Bertz CT molecular complexity index is 466. The molecular weight excluding hydrogens is 286 g/mol. The summed E-state index contributed by atoms with van der Waals surface area (Å²) in [5.41, 5.74) is 1.02. The number of hydrogen-bond acceptors (Lipinski definition) is 4. The average Bonchev–Trinajstić information content (AvgIpc) is 2.30. The van der Waals surface area contributed by atoms with E-state index in [1.165, 1.54) is 7.11 Å². The van der Waals surface area contributed by atoms with E-state index < -0.39 is 0 Å². The number of halogens is 1. The molecule has 0 aliphatic carbocycles. The van der Waals surface area contributed by atoms with Crippen LogP contribution in [0.3, 0.4) is 0 Å². The minimum absolute atomic E-state index is 0.0827. The number of rotatable bonds is 4. The molecule has 90 valence electrons. The summed E-state index contributed by atoms with van der Waals surface area (Å²) in [6.45, 7) is 2.07. The van der Waals surface area contributed by atoms with Crippen LogP contribution >= 0.6 is 15.9 Å². The van der Waals surface area contributed by atoms with Crippen LogP contribution in [0, 0.1) is 11.3 Å². The third kappa shape index (κ3) is 3.21. The monoisotopic (exact) mass is 297 g/mol. The Balaban J connectivity index is 3.06. The molecule has 1 rings (SSSR count). The summed E-state index contributed by atoms with van der Waals surface area (Å²) in [4.78, 5) is 11.4. The maximum atomic E-state index is 11.4. The zero-order chi connectivity index (χ0) is 12.8. The molecule has 17 heavy (non-hydrogen) atoms. The van der Waals surface area contributed by atoms with Gasteiger partial charge in [-0.15, -0.1) is 0 Å². The second-order valence-corrected chi connectivity index (χ2v) is 4.00. The highest BCUT2D eigenvalue weighted by Crippen LogP contribution is 2.30. The van der Waals surface area contributed by atoms with E-state index in [0.29, 0.717) is 28.0 Å². The van der Waals surface area contributed by atoms with Gasteiger partial charge in [0.05, 0.1) is 30.2 Å². The van der Waals surface area contributed by atoms with E-state index in [1.54, 1.807) is 19.1 Å². The molecule has 0 radical (unpaired) electrons. The fourth-order valence-corrected chi connectivity index (χ4v) is 2.03. The largest absolute Gasteiger partial charge is 0.496 e. The lowest BCUT2D eigenvalue weighted by molar-refractivity contribution is -0.142. The van der Waals surface area contributed by atoms with Gasteiger partial charge in [0.15, 0.2) is 0 Å². The Kier molecular flexibility index (Phi) is 4.98. The lowest BCUT2D eigenvalue weighted by Crippen LogP contribution is -2.09. The van der Waals surface area contributed by atoms with E-state index in [2.05, 4.69) is 22.0 Å². The molecule has 1 aromatic carbocycles. The number of carbonyl (C=O) groups is 1. The molecule has 0 N–H and O–H groups in total. The molecule has 0 saturated carbocycles. The highest BCUT2D eigenvalue weighted by Gasteiger charge is 2.14. The van der Waals surface area contributed by atoms with E-state index >= 15 is 0 Å². The van der Waals surface area contributed by atoms with Crippen molar-refractivity contribution in [2.75, 3.05) is 13.7 Å². The molecule has 0 amide bonds. The fraction of sp³-hybridized carbons (Fsp3) is 0.333. The number of hydrogen-bond donors (Lipinski definition) is 0. The Morgan fingerprint density at radius 1 is 1.53 bits per heavy atom. The topological polar surface area (TPSA) is 59.3 Å². The van der Waals surface area contributed by atoms with Gasteiger partial charge in [0.25, 0.3) is 0 Å². The zero-order valence-corrected chi connectivity index (χ0v) is 11.2. The van der Waals surface area contributed by atoms with Gasteiger partial charge in [-0.3, -0.25) is 4.79 Å². The van der Waals surface area contributed by atoms with E-state index in [-0.39, 0.29) is 12.4 Å². The molecule has 4 nitrogen and oxygen atoms in total. The molecule has 0 fully saturated rings. The lowest BCUT2D eigenvalue weighted by atomic mass is 10.1. The van der Waals surface area contributed by atoms with Gasteiger partial charge in [-0.05, 0) is 34.5 Å². The average molecular weight is 298 g/mol. The molecule has 0 bridgehead atoms. The Morgan fingerprint density at radius 3 is 2.76 bits per heavy atom. The first-order valence-electron chi connectivity index (χ1n) is 5.05. The molecule has 1 aromatic rings. The van der Waals surface area contributed by atoms with Crippen LogP contribution in [0.1, 0.15) is 18.1 Å². The molecule has 0 saturated heterocycles. The van der Waals surface area contributed by atoms with Crippen LogP contribution in [0.2, 0.25) is 0 Å². The number of nitriles is 1. The van der Waals surface area contributed by atoms with Crippen LogP contribution in [0.5, 0.6) is 5.75 Å². The lowest BCUT2D eigenvalue weighted by Gasteiger charge is -2.09. The molecule has 0 aromatic heterocycles. The molecule has 0 heterocycles. The van der Waals surface area contributed by atoms with Gasteiger partial charge in [0, 0.05) is 0 Å². The SMILES string of the molecule is CCOC(=O)Cc1ccc(OC)c(Br)c1C#N. The maximum Gasteiger partial charge on any atom is 0.310 e. The van der Waals surface area contributed by atoms with Crippen LogP contribution in [0.15, 0.2) is 16.6 Å². The minimum atomic E-state index is -0.346. The third-order valence-electron chi connectivity index (χ3n) is 2.16. The molecule has 5 heteroatoms. The Hall–Kier alpha value is -1.54. The summed E-state index contributed by atoms with van der Waals surface area (Å²) in [6.07, 6.45) is 0.0827. The Morgan fingerprint density at radius 2 is 2.24 bits per heavy atom. The summed E-state index contributed by atoms with van der Waals surface area (Å²) in [7, 11) is 1.52. The number of carbonyl (C=O) groups excluding carboxylic acids is 1. The van der Waals surface area contributed by atoms with E-state index in [4.69, 9.17) is 14.7 Å². The zero-order valence-electron chi connectivity index (χ0n) is 9.62. The second kappa shape index (κ2) is 6.26. The highest BCUT2D eigenvalue weighted by atomic mass is 79.9. The summed E-state index contributed by atoms with van der Waals surface area (Å²) < 4.78 is 10.5. The van der Waals surface area contributed by atoms with Crippen molar-refractivity contribution in [3.05, 3.63) is 27.7 Å². The molecule has 0 atom stereocenters. The first-order chi connectivity index (χ1) is 8.13. The van der Waals surface area contributed by atoms with E-state index in [9.17, 15) is 4.79 Å². The molecule has 0 aliphatic heterocycles.